The van der Waals surface area contributed by atoms with Gasteiger partial charge >= 0.3 is 0 Å². The second-order valence-electron chi connectivity index (χ2n) is 7.50. The fourth-order valence-corrected chi connectivity index (χ4v) is 3.57. The molecule has 2 aromatic heterocycles. The molecule has 1 saturated heterocycles. The number of aromatic nitrogens is 3. The van der Waals surface area contributed by atoms with Gasteiger partial charge in [0.25, 0.3) is 0 Å². The minimum absolute atomic E-state index is 0.552. The molecule has 0 radical (unpaired) electrons. The molecule has 2 aliphatic rings. The van der Waals surface area contributed by atoms with Crippen LogP contribution in [0.1, 0.15) is 24.3 Å². The number of hydrogen-bond donors (Lipinski definition) is 1. The minimum atomic E-state index is 0.552. The van der Waals surface area contributed by atoms with Crippen LogP contribution in [-0.2, 0) is 6.54 Å². The molecule has 140 valence electrons. The Morgan fingerprint density at radius 2 is 1.81 bits per heavy atom. The summed E-state index contributed by atoms with van der Waals surface area (Å²) in [6.45, 7) is 6.59. The summed E-state index contributed by atoms with van der Waals surface area (Å²) < 4.78 is 5.18. The highest BCUT2D eigenvalue weighted by Crippen LogP contribution is 2.31. The molecule has 7 heteroatoms. The molecule has 1 aliphatic heterocycles. The average Bonchev–Trinajstić information content (AvgIpc) is 3.41. The molecule has 0 amide bonds. The van der Waals surface area contributed by atoms with Gasteiger partial charge in [-0.05, 0) is 31.9 Å². The molecule has 0 bridgehead atoms. The number of aryl methyl sites for hydroxylation is 1. The predicted octanol–water partition coefficient (Wildman–Crippen LogP) is 2.82. The largest absolute Gasteiger partial charge is 0.364 e. The maximum atomic E-state index is 5.18. The molecule has 3 aromatic rings. The smallest absolute Gasteiger partial charge is 0.172 e. The monoisotopic (exact) mass is 364 g/mol. The van der Waals surface area contributed by atoms with Crippen molar-refractivity contribution in [3.63, 3.8) is 0 Å². The van der Waals surface area contributed by atoms with Crippen LogP contribution < -0.4 is 10.2 Å². The van der Waals surface area contributed by atoms with Gasteiger partial charge in [-0.3, -0.25) is 4.90 Å². The van der Waals surface area contributed by atoms with E-state index in [1.807, 2.05) is 37.3 Å². The standard InChI is InChI=1S/C20H24N6O/c1-14-12-16(24-27-14)13-25-8-10-26(11-9-25)20-19(21-15-6-7-15)22-17-4-2-3-5-18(17)23-20/h2-5,12,15H,6-11,13H2,1H3,(H,21,22). The van der Waals surface area contributed by atoms with Gasteiger partial charge in [0, 0.05) is 44.8 Å². The van der Waals surface area contributed by atoms with Crippen LogP contribution >= 0.6 is 0 Å². The SMILES string of the molecule is Cc1cc(CN2CCN(c3nc4ccccc4nc3NC3CC3)CC2)no1. The van der Waals surface area contributed by atoms with Crippen LogP contribution in [0.2, 0.25) is 0 Å². The zero-order valence-corrected chi connectivity index (χ0v) is 15.6. The van der Waals surface area contributed by atoms with Crippen molar-refractivity contribution in [3.05, 3.63) is 41.8 Å². The second-order valence-corrected chi connectivity index (χ2v) is 7.50. The molecule has 2 fully saturated rings. The lowest BCUT2D eigenvalue weighted by Gasteiger charge is -2.35. The van der Waals surface area contributed by atoms with Gasteiger partial charge < -0.3 is 14.7 Å². The summed E-state index contributed by atoms with van der Waals surface area (Å²) in [5.74, 6) is 2.78. The quantitative estimate of drug-likeness (QED) is 0.746. The van der Waals surface area contributed by atoms with E-state index in [0.29, 0.717) is 6.04 Å². The summed E-state index contributed by atoms with van der Waals surface area (Å²) in [7, 11) is 0. The Labute approximate surface area is 158 Å². The van der Waals surface area contributed by atoms with Crippen LogP contribution in [0.5, 0.6) is 0 Å². The first-order valence-corrected chi connectivity index (χ1v) is 9.67. The highest BCUT2D eigenvalue weighted by molar-refractivity contribution is 5.80. The summed E-state index contributed by atoms with van der Waals surface area (Å²) in [6, 6.07) is 10.7. The first-order chi connectivity index (χ1) is 13.2. The molecule has 0 unspecified atom stereocenters. The summed E-state index contributed by atoms with van der Waals surface area (Å²) in [6.07, 6.45) is 2.44. The van der Waals surface area contributed by atoms with Gasteiger partial charge in [-0.25, -0.2) is 9.97 Å². The second kappa shape index (κ2) is 6.81. The Hall–Kier alpha value is -2.67. The summed E-state index contributed by atoms with van der Waals surface area (Å²) in [4.78, 5) is 14.6. The third-order valence-corrected chi connectivity index (χ3v) is 5.20. The van der Waals surface area contributed by atoms with E-state index in [1.165, 1.54) is 12.8 Å². The third kappa shape index (κ3) is 3.60. The van der Waals surface area contributed by atoms with E-state index in [1.54, 1.807) is 0 Å². The zero-order chi connectivity index (χ0) is 18.2. The lowest BCUT2D eigenvalue weighted by atomic mass is 10.2. The molecule has 1 N–H and O–H groups in total. The Balaban J connectivity index is 1.34. The summed E-state index contributed by atoms with van der Waals surface area (Å²) >= 11 is 0. The lowest BCUT2D eigenvalue weighted by Crippen LogP contribution is -2.46. The van der Waals surface area contributed by atoms with Gasteiger partial charge in [-0.1, -0.05) is 17.3 Å². The average molecular weight is 364 g/mol. The Morgan fingerprint density at radius 1 is 1.07 bits per heavy atom. The molecule has 1 saturated carbocycles. The van der Waals surface area contributed by atoms with Gasteiger partial charge in [-0.2, -0.15) is 0 Å². The molecule has 0 spiro atoms. The van der Waals surface area contributed by atoms with E-state index < -0.39 is 0 Å². The summed E-state index contributed by atoms with van der Waals surface area (Å²) in [5.41, 5.74) is 2.90. The van der Waals surface area contributed by atoms with E-state index in [9.17, 15) is 0 Å². The minimum Gasteiger partial charge on any atom is -0.364 e. The van der Waals surface area contributed by atoms with E-state index in [0.717, 1.165) is 66.8 Å². The van der Waals surface area contributed by atoms with Crippen LogP contribution in [0, 0.1) is 6.92 Å². The van der Waals surface area contributed by atoms with Crippen molar-refractivity contribution in [2.24, 2.45) is 0 Å². The van der Waals surface area contributed by atoms with E-state index >= 15 is 0 Å². The lowest BCUT2D eigenvalue weighted by molar-refractivity contribution is 0.241. The van der Waals surface area contributed by atoms with Crippen molar-refractivity contribution in [2.75, 3.05) is 36.4 Å². The number of nitrogens with zero attached hydrogens (tertiary/aromatic N) is 5. The molecule has 27 heavy (non-hydrogen) atoms. The van der Waals surface area contributed by atoms with Crippen molar-refractivity contribution < 1.29 is 4.52 Å². The number of piperazine rings is 1. The first-order valence-electron chi connectivity index (χ1n) is 9.67. The number of fused-ring (bicyclic) bond motifs is 1. The van der Waals surface area contributed by atoms with Gasteiger partial charge in [0.05, 0.1) is 16.7 Å². The van der Waals surface area contributed by atoms with Gasteiger partial charge in [-0.15, -0.1) is 0 Å². The first kappa shape index (κ1) is 16.5. The maximum Gasteiger partial charge on any atom is 0.172 e. The molecule has 7 nitrogen and oxygen atoms in total. The Morgan fingerprint density at radius 3 is 2.48 bits per heavy atom. The third-order valence-electron chi connectivity index (χ3n) is 5.20. The number of anilines is 2. The molecule has 3 heterocycles. The van der Waals surface area contributed by atoms with Crippen molar-refractivity contribution in [2.45, 2.75) is 32.4 Å². The van der Waals surface area contributed by atoms with Crippen molar-refractivity contribution in [1.82, 2.24) is 20.0 Å². The van der Waals surface area contributed by atoms with E-state index in [2.05, 4.69) is 20.3 Å². The summed E-state index contributed by atoms with van der Waals surface area (Å²) in [5, 5.41) is 7.69. The predicted molar refractivity (Wildman–Crippen MR) is 105 cm³/mol. The molecule has 0 atom stereocenters. The van der Waals surface area contributed by atoms with Crippen LogP contribution in [0.3, 0.4) is 0 Å². The van der Waals surface area contributed by atoms with Crippen molar-refractivity contribution >= 4 is 22.7 Å². The van der Waals surface area contributed by atoms with Gasteiger partial charge in [0.2, 0.25) is 0 Å². The fraction of sp³-hybridized carbons (Fsp3) is 0.450. The number of para-hydroxylation sites is 2. The van der Waals surface area contributed by atoms with Crippen LogP contribution in [-0.4, -0.2) is 52.2 Å². The molecular weight excluding hydrogens is 340 g/mol. The molecule has 1 aliphatic carbocycles. The van der Waals surface area contributed by atoms with E-state index in [-0.39, 0.29) is 0 Å². The van der Waals surface area contributed by atoms with E-state index in [4.69, 9.17) is 14.5 Å². The highest BCUT2D eigenvalue weighted by Gasteiger charge is 2.27. The maximum absolute atomic E-state index is 5.18. The fourth-order valence-electron chi connectivity index (χ4n) is 3.57. The van der Waals surface area contributed by atoms with Crippen LogP contribution in [0.4, 0.5) is 11.6 Å². The zero-order valence-electron chi connectivity index (χ0n) is 15.6. The Bertz CT molecular complexity index is 943. The Kier molecular flexibility index (Phi) is 4.16. The van der Waals surface area contributed by atoms with Gasteiger partial charge in [0.15, 0.2) is 11.6 Å². The van der Waals surface area contributed by atoms with Crippen LogP contribution in [0.25, 0.3) is 11.0 Å². The number of nitrogens with one attached hydrogen (secondary N) is 1. The molecule has 5 rings (SSSR count). The molecular formula is C20H24N6O. The number of benzene rings is 1. The number of hydrogen-bond acceptors (Lipinski definition) is 7. The number of rotatable bonds is 5. The van der Waals surface area contributed by atoms with Crippen molar-refractivity contribution in [3.8, 4) is 0 Å². The highest BCUT2D eigenvalue weighted by atomic mass is 16.5. The van der Waals surface area contributed by atoms with Crippen LogP contribution in [0.15, 0.2) is 34.9 Å². The molecule has 1 aromatic carbocycles. The topological polar surface area (TPSA) is 70.3 Å². The van der Waals surface area contributed by atoms with Gasteiger partial charge in [0.1, 0.15) is 5.76 Å². The normalized spacial score (nSPS) is 18.2. The van der Waals surface area contributed by atoms with Crippen molar-refractivity contribution in [1.29, 1.82) is 0 Å².